The molecule has 2 aromatic rings. The van der Waals surface area contributed by atoms with Crippen molar-refractivity contribution in [2.75, 3.05) is 20.2 Å². The van der Waals surface area contributed by atoms with Gasteiger partial charge in [-0.1, -0.05) is 18.2 Å². The standard InChI is InChI=1S/C19H25FN4O2S/c1-5-26-18(25)16-12(2)23-17(27-16)13(3)24-19(21-4)22-11-10-14-8-6-7-9-15(14)20/h6-9,13H,5,10-11H2,1-4H3,(H2,21,22,24). The number of hydrogen-bond donors (Lipinski definition) is 2. The van der Waals surface area contributed by atoms with Crippen LogP contribution in [0, 0.1) is 12.7 Å². The van der Waals surface area contributed by atoms with E-state index in [2.05, 4.69) is 20.6 Å². The normalized spacial score (nSPS) is 12.6. The van der Waals surface area contributed by atoms with Crippen molar-refractivity contribution in [1.82, 2.24) is 15.6 Å². The van der Waals surface area contributed by atoms with E-state index in [-0.39, 0.29) is 17.8 Å². The Hall–Kier alpha value is -2.48. The van der Waals surface area contributed by atoms with Gasteiger partial charge in [-0.05, 0) is 38.8 Å². The third-order valence-corrected chi connectivity index (χ3v) is 5.19. The maximum Gasteiger partial charge on any atom is 0.350 e. The van der Waals surface area contributed by atoms with Gasteiger partial charge in [0.1, 0.15) is 15.7 Å². The van der Waals surface area contributed by atoms with Gasteiger partial charge in [-0.15, -0.1) is 11.3 Å². The van der Waals surface area contributed by atoms with E-state index in [1.165, 1.54) is 17.4 Å². The molecule has 146 valence electrons. The van der Waals surface area contributed by atoms with Crippen LogP contribution in [0.3, 0.4) is 0 Å². The van der Waals surface area contributed by atoms with E-state index in [4.69, 9.17) is 4.74 Å². The lowest BCUT2D eigenvalue weighted by molar-refractivity contribution is 0.0531. The van der Waals surface area contributed by atoms with E-state index in [0.717, 1.165) is 5.01 Å². The lowest BCUT2D eigenvalue weighted by atomic mass is 10.1. The molecule has 27 heavy (non-hydrogen) atoms. The number of thiazole rings is 1. The van der Waals surface area contributed by atoms with Crippen LogP contribution in [0.1, 0.15) is 45.8 Å². The van der Waals surface area contributed by atoms with Crippen LogP contribution in [0.15, 0.2) is 29.3 Å². The predicted octanol–water partition coefficient (Wildman–Crippen LogP) is 3.24. The Balaban J connectivity index is 1.93. The van der Waals surface area contributed by atoms with Crippen LogP contribution in [0.2, 0.25) is 0 Å². The summed E-state index contributed by atoms with van der Waals surface area (Å²) in [5, 5.41) is 7.17. The van der Waals surface area contributed by atoms with E-state index in [1.807, 2.05) is 13.0 Å². The van der Waals surface area contributed by atoms with Crippen molar-refractivity contribution >= 4 is 23.3 Å². The summed E-state index contributed by atoms with van der Waals surface area (Å²) in [6, 6.07) is 6.58. The molecule has 6 nitrogen and oxygen atoms in total. The summed E-state index contributed by atoms with van der Waals surface area (Å²) in [6.07, 6.45) is 0.547. The number of guanidine groups is 1. The van der Waals surface area contributed by atoms with Crippen LogP contribution < -0.4 is 10.6 Å². The number of halogens is 1. The first-order valence-corrected chi connectivity index (χ1v) is 9.62. The second-order valence-corrected chi connectivity index (χ2v) is 6.92. The number of nitrogens with one attached hydrogen (secondary N) is 2. The third-order valence-electron chi connectivity index (χ3n) is 3.87. The second kappa shape index (κ2) is 10.0. The van der Waals surface area contributed by atoms with Crippen molar-refractivity contribution in [3.63, 3.8) is 0 Å². The number of aliphatic imine (C=N–C) groups is 1. The van der Waals surface area contributed by atoms with Crippen LogP contribution in [0.4, 0.5) is 4.39 Å². The minimum Gasteiger partial charge on any atom is -0.462 e. The van der Waals surface area contributed by atoms with Crippen molar-refractivity contribution in [1.29, 1.82) is 0 Å². The molecule has 1 heterocycles. The molecule has 0 radical (unpaired) electrons. The van der Waals surface area contributed by atoms with Gasteiger partial charge in [-0.25, -0.2) is 14.2 Å². The first kappa shape index (κ1) is 20.8. The number of rotatable bonds is 7. The van der Waals surface area contributed by atoms with Gasteiger partial charge in [0.15, 0.2) is 5.96 Å². The molecule has 0 saturated carbocycles. The summed E-state index contributed by atoms with van der Waals surface area (Å²) in [5.41, 5.74) is 1.31. The van der Waals surface area contributed by atoms with Crippen molar-refractivity contribution in [2.45, 2.75) is 33.2 Å². The number of nitrogens with zero attached hydrogens (tertiary/aromatic N) is 2. The van der Waals surface area contributed by atoms with Crippen LogP contribution in [-0.4, -0.2) is 37.1 Å². The zero-order chi connectivity index (χ0) is 19.8. The minimum absolute atomic E-state index is 0.142. The Morgan fingerprint density at radius 1 is 1.41 bits per heavy atom. The second-order valence-electron chi connectivity index (χ2n) is 5.89. The van der Waals surface area contributed by atoms with Crippen LogP contribution in [0.25, 0.3) is 0 Å². The van der Waals surface area contributed by atoms with Gasteiger partial charge in [0.25, 0.3) is 0 Å². The highest BCUT2D eigenvalue weighted by Gasteiger charge is 2.20. The largest absolute Gasteiger partial charge is 0.462 e. The zero-order valence-corrected chi connectivity index (χ0v) is 16.8. The Bertz CT molecular complexity index is 807. The fourth-order valence-electron chi connectivity index (χ4n) is 2.47. The summed E-state index contributed by atoms with van der Waals surface area (Å²) in [4.78, 5) is 21.1. The Morgan fingerprint density at radius 2 is 2.15 bits per heavy atom. The molecule has 0 aliphatic heterocycles. The number of hydrogen-bond acceptors (Lipinski definition) is 5. The number of carbonyl (C=O) groups excluding carboxylic acids is 1. The molecule has 1 atom stereocenters. The molecule has 1 unspecified atom stereocenters. The molecule has 2 rings (SSSR count). The summed E-state index contributed by atoms with van der Waals surface area (Å²) in [5.74, 6) is 0.0306. The molecular weight excluding hydrogens is 367 g/mol. The Labute approximate surface area is 162 Å². The Morgan fingerprint density at radius 3 is 2.81 bits per heavy atom. The highest BCUT2D eigenvalue weighted by atomic mass is 32.1. The number of benzene rings is 1. The highest BCUT2D eigenvalue weighted by Crippen LogP contribution is 2.24. The van der Waals surface area contributed by atoms with E-state index in [9.17, 15) is 9.18 Å². The van der Waals surface area contributed by atoms with E-state index >= 15 is 0 Å². The average Bonchev–Trinajstić information content (AvgIpc) is 3.04. The SMILES string of the molecule is CCOC(=O)c1sc(C(C)NC(=NC)NCCc2ccccc2F)nc1C. The molecule has 0 spiro atoms. The Kier molecular flexibility index (Phi) is 7.72. The number of esters is 1. The van der Waals surface area contributed by atoms with Gasteiger partial charge in [0.2, 0.25) is 0 Å². The van der Waals surface area contributed by atoms with Gasteiger partial charge < -0.3 is 15.4 Å². The minimum atomic E-state index is -0.349. The van der Waals surface area contributed by atoms with Crippen LogP contribution >= 0.6 is 11.3 Å². The number of aryl methyl sites for hydroxylation is 1. The van der Waals surface area contributed by atoms with Gasteiger partial charge >= 0.3 is 5.97 Å². The molecule has 0 bridgehead atoms. The number of ether oxygens (including phenoxy) is 1. The number of carbonyl (C=O) groups is 1. The molecule has 0 aliphatic carbocycles. The fourth-order valence-corrected chi connectivity index (χ4v) is 3.43. The predicted molar refractivity (Wildman–Crippen MR) is 106 cm³/mol. The van der Waals surface area contributed by atoms with Crippen molar-refractivity contribution in [2.24, 2.45) is 4.99 Å². The average molecular weight is 393 g/mol. The molecule has 1 aromatic heterocycles. The van der Waals surface area contributed by atoms with E-state index in [0.29, 0.717) is 41.7 Å². The third kappa shape index (κ3) is 5.75. The quantitative estimate of drug-likeness (QED) is 0.430. The number of aromatic nitrogens is 1. The zero-order valence-electron chi connectivity index (χ0n) is 16.0. The summed E-state index contributed by atoms with van der Waals surface area (Å²) < 4.78 is 18.7. The summed E-state index contributed by atoms with van der Waals surface area (Å²) in [6.45, 7) is 6.38. The molecule has 0 saturated heterocycles. The smallest absolute Gasteiger partial charge is 0.350 e. The van der Waals surface area contributed by atoms with E-state index in [1.54, 1.807) is 33.0 Å². The van der Waals surface area contributed by atoms with Crippen molar-refractivity contribution < 1.29 is 13.9 Å². The summed E-state index contributed by atoms with van der Waals surface area (Å²) in [7, 11) is 1.67. The van der Waals surface area contributed by atoms with Crippen molar-refractivity contribution in [3.05, 3.63) is 51.2 Å². The summed E-state index contributed by atoms with van der Waals surface area (Å²) >= 11 is 1.31. The van der Waals surface area contributed by atoms with Crippen LogP contribution in [-0.2, 0) is 11.2 Å². The topological polar surface area (TPSA) is 75.6 Å². The van der Waals surface area contributed by atoms with Gasteiger partial charge in [-0.2, -0.15) is 0 Å². The molecule has 0 fully saturated rings. The molecule has 0 amide bonds. The van der Waals surface area contributed by atoms with E-state index < -0.39 is 0 Å². The van der Waals surface area contributed by atoms with Gasteiger partial charge in [0.05, 0.1) is 18.3 Å². The maximum absolute atomic E-state index is 13.7. The highest BCUT2D eigenvalue weighted by molar-refractivity contribution is 7.13. The van der Waals surface area contributed by atoms with Crippen LogP contribution in [0.5, 0.6) is 0 Å². The molecular formula is C19H25FN4O2S. The molecule has 1 aromatic carbocycles. The van der Waals surface area contributed by atoms with Crippen molar-refractivity contribution in [3.8, 4) is 0 Å². The first-order chi connectivity index (χ1) is 13.0. The monoisotopic (exact) mass is 392 g/mol. The molecule has 0 aliphatic rings. The molecule has 2 N–H and O–H groups in total. The van der Waals surface area contributed by atoms with Gasteiger partial charge in [0, 0.05) is 13.6 Å². The maximum atomic E-state index is 13.7. The fraction of sp³-hybridized carbons (Fsp3) is 0.421. The van der Waals surface area contributed by atoms with Gasteiger partial charge in [-0.3, -0.25) is 4.99 Å². The first-order valence-electron chi connectivity index (χ1n) is 8.81. The lowest BCUT2D eigenvalue weighted by Crippen LogP contribution is -2.39. The lowest BCUT2D eigenvalue weighted by Gasteiger charge is -2.16. The molecule has 8 heteroatoms.